The van der Waals surface area contributed by atoms with Gasteiger partial charge in [-0.05, 0) is 81.6 Å². The molecular formula is C40H31N. The number of aryl methyl sites for hydroxylation is 2. The van der Waals surface area contributed by atoms with Crippen LogP contribution in [0.25, 0.3) is 32.7 Å². The highest BCUT2D eigenvalue weighted by atomic mass is 15.1. The molecule has 0 atom stereocenters. The fourth-order valence-corrected chi connectivity index (χ4v) is 5.86. The molecule has 0 N–H and O–H groups in total. The average molecular weight is 526 g/mol. The Morgan fingerprint density at radius 3 is 1.63 bits per heavy atom. The van der Waals surface area contributed by atoms with Crippen LogP contribution in [0, 0.1) is 0 Å². The third-order valence-corrected chi connectivity index (χ3v) is 8.00. The Hall–Kier alpha value is -5.14. The zero-order chi connectivity index (χ0) is 27.4. The van der Waals surface area contributed by atoms with Crippen molar-refractivity contribution in [1.82, 2.24) is 0 Å². The highest BCUT2D eigenvalue weighted by Gasteiger charge is 2.15. The summed E-state index contributed by atoms with van der Waals surface area (Å²) in [5.41, 5.74) is 8.70. The second-order valence-corrected chi connectivity index (χ2v) is 10.6. The molecule has 1 nitrogen and oxygen atoms in total. The number of para-hydroxylation sites is 1. The lowest BCUT2D eigenvalue weighted by atomic mass is 9.97. The summed E-state index contributed by atoms with van der Waals surface area (Å²) in [5.74, 6) is 0. The van der Waals surface area contributed by atoms with E-state index in [-0.39, 0.29) is 0 Å². The highest BCUT2D eigenvalue weighted by Crippen LogP contribution is 2.39. The van der Waals surface area contributed by atoms with E-state index in [4.69, 9.17) is 0 Å². The summed E-state index contributed by atoms with van der Waals surface area (Å²) in [6.45, 7) is 0. The molecule has 0 saturated carbocycles. The molecular weight excluding hydrogens is 494 g/mol. The standard InChI is InChI=1S/C40H31N/c1-2-15-36(16-3-1)41(40-19-9-14-34-11-5-7-18-39(34)40)37-28-26-32(27-29-37)31-23-20-30(21-24-31)22-25-35-13-8-12-33-10-4-6-17-38(33)35/h1-21,23-24,26-29H,22,25H2. The number of hydrogen-bond donors (Lipinski definition) is 0. The lowest BCUT2D eigenvalue weighted by Crippen LogP contribution is -2.10. The van der Waals surface area contributed by atoms with Crippen molar-refractivity contribution in [2.75, 3.05) is 4.90 Å². The van der Waals surface area contributed by atoms with Gasteiger partial charge in [0.1, 0.15) is 0 Å². The van der Waals surface area contributed by atoms with Crippen molar-refractivity contribution >= 4 is 38.6 Å². The Balaban J connectivity index is 1.14. The largest absolute Gasteiger partial charge is 0.310 e. The lowest BCUT2D eigenvalue weighted by Gasteiger charge is -2.27. The number of hydrogen-bond acceptors (Lipinski definition) is 1. The van der Waals surface area contributed by atoms with E-state index in [1.165, 1.54) is 49.5 Å². The van der Waals surface area contributed by atoms with Crippen LogP contribution >= 0.6 is 0 Å². The van der Waals surface area contributed by atoms with Crippen LogP contribution < -0.4 is 4.90 Å². The van der Waals surface area contributed by atoms with E-state index in [1.54, 1.807) is 0 Å². The molecule has 0 unspecified atom stereocenters. The minimum absolute atomic E-state index is 1.03. The van der Waals surface area contributed by atoms with Gasteiger partial charge in [0, 0.05) is 16.8 Å². The summed E-state index contributed by atoms with van der Waals surface area (Å²) in [5, 5.41) is 5.15. The Labute approximate surface area is 242 Å². The Kier molecular flexibility index (Phi) is 6.77. The fourth-order valence-electron chi connectivity index (χ4n) is 5.86. The van der Waals surface area contributed by atoms with Crippen molar-refractivity contribution in [1.29, 1.82) is 0 Å². The van der Waals surface area contributed by atoms with Crippen LogP contribution in [0.15, 0.2) is 164 Å². The van der Waals surface area contributed by atoms with E-state index in [1.807, 2.05) is 0 Å². The topological polar surface area (TPSA) is 3.24 Å². The van der Waals surface area contributed by atoms with E-state index in [0.29, 0.717) is 0 Å². The van der Waals surface area contributed by atoms with E-state index in [9.17, 15) is 0 Å². The molecule has 0 bridgehead atoms. The van der Waals surface area contributed by atoms with Gasteiger partial charge in [0.25, 0.3) is 0 Å². The van der Waals surface area contributed by atoms with Crippen molar-refractivity contribution in [3.8, 4) is 11.1 Å². The van der Waals surface area contributed by atoms with Crippen LogP contribution in [-0.4, -0.2) is 0 Å². The van der Waals surface area contributed by atoms with Gasteiger partial charge in [-0.2, -0.15) is 0 Å². The number of nitrogens with zero attached hydrogens (tertiary/aromatic N) is 1. The second-order valence-electron chi connectivity index (χ2n) is 10.6. The van der Waals surface area contributed by atoms with Gasteiger partial charge in [0.2, 0.25) is 0 Å². The van der Waals surface area contributed by atoms with Gasteiger partial charge in [-0.25, -0.2) is 0 Å². The minimum Gasteiger partial charge on any atom is -0.310 e. The normalized spacial score (nSPS) is 11.1. The zero-order valence-corrected chi connectivity index (χ0v) is 22.9. The maximum atomic E-state index is 2.35. The summed E-state index contributed by atoms with van der Waals surface area (Å²) in [6.07, 6.45) is 2.07. The third-order valence-electron chi connectivity index (χ3n) is 8.00. The minimum atomic E-state index is 1.03. The maximum absolute atomic E-state index is 2.35. The molecule has 0 aliphatic rings. The molecule has 0 fully saturated rings. The summed E-state index contributed by atoms with van der Waals surface area (Å²) >= 11 is 0. The maximum Gasteiger partial charge on any atom is 0.0540 e. The first-order valence-corrected chi connectivity index (χ1v) is 14.3. The Morgan fingerprint density at radius 2 is 0.902 bits per heavy atom. The molecule has 7 rings (SSSR count). The van der Waals surface area contributed by atoms with Gasteiger partial charge in [0.05, 0.1) is 5.69 Å². The van der Waals surface area contributed by atoms with Gasteiger partial charge in [-0.15, -0.1) is 0 Å². The monoisotopic (exact) mass is 525 g/mol. The summed E-state index contributed by atoms with van der Waals surface area (Å²) in [4.78, 5) is 2.35. The molecule has 0 aliphatic carbocycles. The number of rotatable bonds is 7. The van der Waals surface area contributed by atoms with Crippen molar-refractivity contribution in [3.63, 3.8) is 0 Å². The zero-order valence-electron chi connectivity index (χ0n) is 22.9. The van der Waals surface area contributed by atoms with Crippen molar-refractivity contribution in [3.05, 3.63) is 175 Å². The molecule has 0 amide bonds. The molecule has 0 spiro atoms. The molecule has 7 aromatic carbocycles. The predicted octanol–water partition coefficient (Wildman–Crippen LogP) is 10.9. The molecule has 0 aliphatic heterocycles. The van der Waals surface area contributed by atoms with Gasteiger partial charge in [0.15, 0.2) is 0 Å². The molecule has 7 aromatic rings. The fraction of sp³-hybridized carbons (Fsp3) is 0.0500. The first-order chi connectivity index (χ1) is 20.3. The number of anilines is 3. The van der Waals surface area contributed by atoms with Crippen molar-refractivity contribution in [2.24, 2.45) is 0 Å². The Morgan fingerprint density at radius 1 is 0.366 bits per heavy atom. The summed E-state index contributed by atoms with van der Waals surface area (Å²) in [6, 6.07) is 59.1. The van der Waals surface area contributed by atoms with Crippen LogP contribution in [0.2, 0.25) is 0 Å². The average Bonchev–Trinajstić information content (AvgIpc) is 3.05. The van der Waals surface area contributed by atoms with E-state index in [2.05, 4.69) is 169 Å². The van der Waals surface area contributed by atoms with Crippen LogP contribution in [0.1, 0.15) is 11.1 Å². The molecule has 0 radical (unpaired) electrons. The van der Waals surface area contributed by atoms with Gasteiger partial charge < -0.3 is 4.90 Å². The molecule has 0 aromatic heterocycles. The second kappa shape index (κ2) is 11.2. The third kappa shape index (κ3) is 5.11. The van der Waals surface area contributed by atoms with Crippen LogP contribution in [0.5, 0.6) is 0 Å². The molecule has 0 heterocycles. The quantitative estimate of drug-likeness (QED) is 0.200. The summed E-state index contributed by atoms with van der Waals surface area (Å²) in [7, 11) is 0. The Bertz CT molecular complexity index is 1910. The number of benzene rings is 7. The van der Waals surface area contributed by atoms with Gasteiger partial charge >= 0.3 is 0 Å². The SMILES string of the molecule is c1ccc(N(c2ccc(-c3ccc(CCc4cccc5ccccc45)cc3)cc2)c2cccc3ccccc23)cc1. The van der Waals surface area contributed by atoms with E-state index < -0.39 is 0 Å². The van der Waals surface area contributed by atoms with Gasteiger partial charge in [-0.3, -0.25) is 0 Å². The summed E-state index contributed by atoms with van der Waals surface area (Å²) < 4.78 is 0. The smallest absolute Gasteiger partial charge is 0.0540 e. The van der Waals surface area contributed by atoms with Crippen LogP contribution in [0.4, 0.5) is 17.1 Å². The van der Waals surface area contributed by atoms with E-state index >= 15 is 0 Å². The molecule has 0 saturated heterocycles. The highest BCUT2D eigenvalue weighted by molar-refractivity contribution is 5.99. The van der Waals surface area contributed by atoms with Crippen LogP contribution in [-0.2, 0) is 12.8 Å². The number of fused-ring (bicyclic) bond motifs is 2. The molecule has 196 valence electrons. The predicted molar refractivity (Wildman–Crippen MR) is 175 cm³/mol. The molecule has 41 heavy (non-hydrogen) atoms. The van der Waals surface area contributed by atoms with Gasteiger partial charge in [-0.1, -0.05) is 133 Å². The first kappa shape index (κ1) is 24.9. The van der Waals surface area contributed by atoms with E-state index in [0.717, 1.165) is 24.2 Å². The molecule has 1 heteroatoms. The van der Waals surface area contributed by atoms with Crippen molar-refractivity contribution < 1.29 is 0 Å². The van der Waals surface area contributed by atoms with Crippen LogP contribution in [0.3, 0.4) is 0 Å². The lowest BCUT2D eigenvalue weighted by molar-refractivity contribution is 0.969. The van der Waals surface area contributed by atoms with Crippen molar-refractivity contribution in [2.45, 2.75) is 12.8 Å². The first-order valence-electron chi connectivity index (χ1n) is 14.3.